The van der Waals surface area contributed by atoms with Crippen LogP contribution >= 0.6 is 0 Å². The summed E-state index contributed by atoms with van der Waals surface area (Å²) >= 11 is 0. The van der Waals surface area contributed by atoms with E-state index in [1.807, 2.05) is 25.1 Å². The first-order valence-corrected chi connectivity index (χ1v) is 8.02. The SMILES string of the molecule is CCOc1cccc(CN)c1OC1CCOC2(CCC2)C1. The molecule has 4 heteroatoms. The summed E-state index contributed by atoms with van der Waals surface area (Å²) < 4.78 is 18.0. The topological polar surface area (TPSA) is 53.7 Å². The predicted octanol–water partition coefficient (Wildman–Crippen LogP) is 3.02. The van der Waals surface area contributed by atoms with Gasteiger partial charge in [-0.05, 0) is 32.3 Å². The Balaban J connectivity index is 1.76. The molecular formula is C17H25NO3. The van der Waals surface area contributed by atoms with Gasteiger partial charge in [0, 0.05) is 24.9 Å². The number of nitrogens with two attached hydrogens (primary N) is 1. The summed E-state index contributed by atoms with van der Waals surface area (Å²) in [6.07, 6.45) is 5.74. The highest BCUT2D eigenvalue weighted by molar-refractivity contribution is 5.46. The molecule has 1 saturated carbocycles. The van der Waals surface area contributed by atoms with Gasteiger partial charge in [0.05, 0.1) is 18.8 Å². The Morgan fingerprint density at radius 2 is 2.24 bits per heavy atom. The maximum absolute atomic E-state index is 6.31. The van der Waals surface area contributed by atoms with Crippen LogP contribution in [0.3, 0.4) is 0 Å². The van der Waals surface area contributed by atoms with E-state index in [2.05, 4.69) is 0 Å². The van der Waals surface area contributed by atoms with Gasteiger partial charge in [0.1, 0.15) is 6.10 Å². The summed E-state index contributed by atoms with van der Waals surface area (Å²) in [6, 6.07) is 5.93. The molecule has 1 aliphatic heterocycles. The average Bonchev–Trinajstić information content (AvgIpc) is 2.48. The van der Waals surface area contributed by atoms with Crippen molar-refractivity contribution in [3.05, 3.63) is 23.8 Å². The van der Waals surface area contributed by atoms with Gasteiger partial charge in [0.25, 0.3) is 0 Å². The fourth-order valence-corrected chi connectivity index (χ4v) is 3.29. The normalized spacial score (nSPS) is 23.6. The Morgan fingerprint density at radius 3 is 2.90 bits per heavy atom. The Kier molecular flexibility index (Phi) is 4.36. The van der Waals surface area contributed by atoms with Gasteiger partial charge in [0.2, 0.25) is 0 Å². The first kappa shape index (κ1) is 14.7. The number of hydrogen-bond acceptors (Lipinski definition) is 4. The molecule has 4 nitrogen and oxygen atoms in total. The molecule has 2 aliphatic rings. The molecule has 0 aromatic heterocycles. The van der Waals surface area contributed by atoms with Crippen molar-refractivity contribution in [1.29, 1.82) is 0 Å². The van der Waals surface area contributed by atoms with Crippen molar-refractivity contribution in [3.8, 4) is 11.5 Å². The largest absolute Gasteiger partial charge is 0.490 e. The summed E-state index contributed by atoms with van der Waals surface area (Å²) in [7, 11) is 0. The Labute approximate surface area is 126 Å². The van der Waals surface area contributed by atoms with Crippen LogP contribution < -0.4 is 15.2 Å². The van der Waals surface area contributed by atoms with Gasteiger partial charge in [-0.1, -0.05) is 12.1 Å². The molecular weight excluding hydrogens is 266 g/mol. The minimum atomic E-state index is 0.0896. The molecule has 2 N–H and O–H groups in total. The predicted molar refractivity (Wildman–Crippen MR) is 81.7 cm³/mol. The minimum Gasteiger partial charge on any atom is -0.490 e. The van der Waals surface area contributed by atoms with Crippen molar-refractivity contribution in [2.45, 2.75) is 57.3 Å². The molecule has 2 fully saturated rings. The van der Waals surface area contributed by atoms with Crippen LogP contribution in [0.2, 0.25) is 0 Å². The van der Waals surface area contributed by atoms with E-state index in [0.29, 0.717) is 13.2 Å². The third kappa shape index (κ3) is 3.01. The minimum absolute atomic E-state index is 0.0896. The van der Waals surface area contributed by atoms with Crippen molar-refractivity contribution in [1.82, 2.24) is 0 Å². The highest BCUT2D eigenvalue weighted by Gasteiger charge is 2.43. The van der Waals surface area contributed by atoms with Crippen LogP contribution in [0.25, 0.3) is 0 Å². The van der Waals surface area contributed by atoms with E-state index < -0.39 is 0 Å². The quantitative estimate of drug-likeness (QED) is 0.906. The molecule has 1 aromatic rings. The zero-order chi connectivity index (χ0) is 14.7. The lowest BCUT2D eigenvalue weighted by molar-refractivity contribution is -0.153. The lowest BCUT2D eigenvalue weighted by atomic mass is 9.74. The summed E-state index contributed by atoms with van der Waals surface area (Å²) in [5.41, 5.74) is 6.95. The molecule has 1 aliphatic carbocycles. The summed E-state index contributed by atoms with van der Waals surface area (Å²) in [4.78, 5) is 0. The molecule has 1 unspecified atom stereocenters. The Morgan fingerprint density at radius 1 is 1.38 bits per heavy atom. The molecule has 0 bridgehead atoms. The molecule has 1 atom stereocenters. The molecule has 0 radical (unpaired) electrons. The second-order valence-corrected chi connectivity index (χ2v) is 6.00. The zero-order valence-corrected chi connectivity index (χ0v) is 12.8. The van der Waals surface area contributed by atoms with Crippen molar-refractivity contribution in [2.24, 2.45) is 5.73 Å². The van der Waals surface area contributed by atoms with E-state index >= 15 is 0 Å². The zero-order valence-electron chi connectivity index (χ0n) is 12.8. The summed E-state index contributed by atoms with van der Waals surface area (Å²) in [5, 5.41) is 0. The Bertz CT molecular complexity index is 485. The van der Waals surface area contributed by atoms with Gasteiger partial charge in [-0.15, -0.1) is 0 Å². The number of hydrogen-bond donors (Lipinski definition) is 1. The third-order valence-electron chi connectivity index (χ3n) is 4.58. The third-order valence-corrected chi connectivity index (χ3v) is 4.58. The summed E-state index contributed by atoms with van der Waals surface area (Å²) in [5.74, 6) is 1.62. The number of benzene rings is 1. The van der Waals surface area contributed by atoms with E-state index in [-0.39, 0.29) is 11.7 Å². The van der Waals surface area contributed by atoms with Gasteiger partial charge in [-0.3, -0.25) is 0 Å². The van der Waals surface area contributed by atoms with Gasteiger partial charge < -0.3 is 19.9 Å². The molecule has 1 saturated heterocycles. The van der Waals surface area contributed by atoms with Crippen LogP contribution in [-0.4, -0.2) is 24.9 Å². The molecule has 21 heavy (non-hydrogen) atoms. The van der Waals surface area contributed by atoms with Crippen molar-refractivity contribution < 1.29 is 14.2 Å². The molecule has 1 aromatic carbocycles. The van der Waals surface area contributed by atoms with Crippen LogP contribution in [0.5, 0.6) is 11.5 Å². The van der Waals surface area contributed by atoms with Gasteiger partial charge >= 0.3 is 0 Å². The van der Waals surface area contributed by atoms with Crippen molar-refractivity contribution >= 4 is 0 Å². The van der Waals surface area contributed by atoms with Gasteiger partial charge in [-0.25, -0.2) is 0 Å². The van der Waals surface area contributed by atoms with E-state index in [9.17, 15) is 0 Å². The van der Waals surface area contributed by atoms with Crippen LogP contribution in [0.15, 0.2) is 18.2 Å². The number of rotatable bonds is 5. The van der Waals surface area contributed by atoms with Crippen LogP contribution in [0.1, 0.15) is 44.6 Å². The maximum atomic E-state index is 6.31. The van der Waals surface area contributed by atoms with E-state index in [4.69, 9.17) is 19.9 Å². The number of ether oxygens (including phenoxy) is 3. The first-order chi connectivity index (χ1) is 10.3. The van der Waals surface area contributed by atoms with Crippen LogP contribution in [-0.2, 0) is 11.3 Å². The molecule has 116 valence electrons. The van der Waals surface area contributed by atoms with Gasteiger partial charge in [0.15, 0.2) is 11.5 Å². The fraction of sp³-hybridized carbons (Fsp3) is 0.647. The second-order valence-electron chi connectivity index (χ2n) is 6.00. The van der Waals surface area contributed by atoms with Gasteiger partial charge in [-0.2, -0.15) is 0 Å². The molecule has 1 spiro atoms. The summed E-state index contributed by atoms with van der Waals surface area (Å²) in [6.45, 7) is 3.86. The first-order valence-electron chi connectivity index (χ1n) is 8.02. The lowest BCUT2D eigenvalue weighted by Gasteiger charge is -2.47. The van der Waals surface area contributed by atoms with E-state index in [1.165, 1.54) is 19.3 Å². The molecule has 3 rings (SSSR count). The molecule has 1 heterocycles. The highest BCUT2D eigenvalue weighted by atomic mass is 16.5. The monoisotopic (exact) mass is 291 g/mol. The van der Waals surface area contributed by atoms with E-state index in [1.54, 1.807) is 0 Å². The second kappa shape index (κ2) is 6.24. The van der Waals surface area contributed by atoms with E-state index in [0.717, 1.165) is 36.5 Å². The van der Waals surface area contributed by atoms with Crippen LogP contribution in [0.4, 0.5) is 0 Å². The maximum Gasteiger partial charge on any atom is 0.166 e. The van der Waals surface area contributed by atoms with Crippen molar-refractivity contribution in [2.75, 3.05) is 13.2 Å². The lowest BCUT2D eigenvalue weighted by Crippen LogP contribution is -2.48. The smallest absolute Gasteiger partial charge is 0.166 e. The Hall–Kier alpha value is -1.26. The standard InChI is InChI=1S/C17H25NO3/c1-2-19-15-6-3-5-13(12-18)16(15)21-14-7-10-20-17(11-14)8-4-9-17/h3,5-6,14H,2,4,7-12,18H2,1H3. The fourth-order valence-electron chi connectivity index (χ4n) is 3.29. The number of para-hydroxylation sites is 1. The highest BCUT2D eigenvalue weighted by Crippen LogP contribution is 2.44. The van der Waals surface area contributed by atoms with Crippen LogP contribution in [0, 0.1) is 0 Å². The average molecular weight is 291 g/mol. The van der Waals surface area contributed by atoms with Crippen molar-refractivity contribution in [3.63, 3.8) is 0 Å². The molecule has 0 amide bonds.